The van der Waals surface area contributed by atoms with Crippen molar-refractivity contribution in [2.45, 2.75) is 13.2 Å². The molecule has 0 N–H and O–H groups in total. The van der Waals surface area contributed by atoms with Crippen molar-refractivity contribution in [2.75, 3.05) is 0 Å². The minimum absolute atomic E-state index is 0.0208. The molecule has 168 valence electrons. The third-order valence-corrected chi connectivity index (χ3v) is 6.82. The number of hydrogen-bond acceptors (Lipinski definition) is 4. The van der Waals surface area contributed by atoms with Crippen LogP contribution in [0, 0.1) is 5.82 Å². The van der Waals surface area contributed by atoms with Crippen LogP contribution in [0.5, 0.6) is 5.75 Å². The second kappa shape index (κ2) is 10.2. The lowest BCUT2D eigenvalue weighted by molar-refractivity contribution is -0.123. The summed E-state index contributed by atoms with van der Waals surface area (Å²) in [6.45, 7) is -0.0723. The van der Waals surface area contributed by atoms with E-state index in [1.54, 1.807) is 54.6 Å². The fourth-order valence-electron chi connectivity index (χ4n) is 3.15. The molecule has 4 nitrogen and oxygen atoms in total. The lowest BCUT2D eigenvalue weighted by Crippen LogP contribution is -2.27. The van der Waals surface area contributed by atoms with E-state index in [1.165, 1.54) is 12.1 Å². The maximum absolute atomic E-state index is 14.0. The number of rotatable bonds is 6. The Morgan fingerprint density at radius 2 is 1.55 bits per heavy atom. The van der Waals surface area contributed by atoms with Crippen molar-refractivity contribution in [1.82, 2.24) is 4.90 Å². The highest BCUT2D eigenvalue weighted by Crippen LogP contribution is 2.36. The van der Waals surface area contributed by atoms with Crippen LogP contribution < -0.4 is 4.74 Å². The molecule has 0 aromatic heterocycles. The van der Waals surface area contributed by atoms with Crippen LogP contribution >= 0.6 is 46.6 Å². The Hall–Kier alpha value is -2.51. The Morgan fingerprint density at radius 1 is 0.909 bits per heavy atom. The molecular weight excluding hydrogens is 508 g/mol. The quantitative estimate of drug-likeness (QED) is 0.313. The molecule has 4 rings (SSSR count). The van der Waals surface area contributed by atoms with E-state index in [1.807, 2.05) is 0 Å². The fourth-order valence-corrected chi connectivity index (χ4v) is 4.72. The number of nitrogens with zero attached hydrogens (tertiary/aromatic N) is 1. The third kappa shape index (κ3) is 5.36. The van der Waals surface area contributed by atoms with E-state index in [0.29, 0.717) is 26.9 Å². The lowest BCUT2D eigenvalue weighted by atomic mass is 10.2. The van der Waals surface area contributed by atoms with Crippen LogP contribution in [0.4, 0.5) is 9.18 Å². The first-order valence-electron chi connectivity index (χ1n) is 9.67. The lowest BCUT2D eigenvalue weighted by Gasteiger charge is -2.14. The Bertz CT molecular complexity index is 1240. The van der Waals surface area contributed by atoms with Gasteiger partial charge in [0, 0.05) is 21.2 Å². The number of thioether (sulfide) groups is 1. The van der Waals surface area contributed by atoms with E-state index in [9.17, 15) is 14.0 Å². The number of carbonyl (C=O) groups is 2. The number of carbonyl (C=O) groups excluding carboxylic acids is 2. The van der Waals surface area contributed by atoms with Crippen molar-refractivity contribution < 1.29 is 18.7 Å². The van der Waals surface area contributed by atoms with Gasteiger partial charge >= 0.3 is 0 Å². The van der Waals surface area contributed by atoms with E-state index in [2.05, 4.69) is 0 Å². The van der Waals surface area contributed by atoms with Crippen LogP contribution in [0.15, 0.2) is 65.6 Å². The van der Waals surface area contributed by atoms with E-state index < -0.39 is 17.0 Å². The fraction of sp³-hybridized carbons (Fsp3) is 0.0833. The molecule has 1 heterocycles. The Kier molecular flexibility index (Phi) is 7.29. The topological polar surface area (TPSA) is 46.6 Å². The summed E-state index contributed by atoms with van der Waals surface area (Å²) in [6.07, 6.45) is 1.60. The van der Waals surface area contributed by atoms with Crippen molar-refractivity contribution >= 4 is 63.8 Å². The molecule has 0 aliphatic carbocycles. The van der Waals surface area contributed by atoms with Gasteiger partial charge in [0.1, 0.15) is 18.2 Å². The van der Waals surface area contributed by atoms with Crippen LogP contribution in [-0.4, -0.2) is 16.0 Å². The first-order valence-corrected chi connectivity index (χ1v) is 11.6. The highest BCUT2D eigenvalue weighted by atomic mass is 35.5. The van der Waals surface area contributed by atoms with E-state index in [-0.39, 0.29) is 28.6 Å². The average Bonchev–Trinajstić information content (AvgIpc) is 3.03. The number of imide groups is 1. The molecule has 2 amide bonds. The zero-order valence-corrected chi connectivity index (χ0v) is 19.9. The van der Waals surface area contributed by atoms with Crippen molar-refractivity contribution in [1.29, 1.82) is 0 Å². The summed E-state index contributed by atoms with van der Waals surface area (Å²) >= 11 is 19.2. The largest absolute Gasteiger partial charge is 0.489 e. The summed E-state index contributed by atoms with van der Waals surface area (Å²) < 4.78 is 19.6. The first-order chi connectivity index (χ1) is 15.8. The molecule has 0 saturated carbocycles. The van der Waals surface area contributed by atoms with Gasteiger partial charge in [-0.15, -0.1) is 0 Å². The van der Waals surface area contributed by atoms with Gasteiger partial charge in [-0.05, 0) is 59.8 Å². The molecule has 0 spiro atoms. The SMILES string of the molecule is O=C1S/C(=C\c2cccc(OCc3c(F)cccc3Cl)c2)C(=O)N1Cc1c(Cl)cccc1Cl. The van der Waals surface area contributed by atoms with Gasteiger partial charge in [-0.25, -0.2) is 4.39 Å². The summed E-state index contributed by atoms with van der Waals surface area (Å²) in [5.74, 6) is -0.429. The molecule has 1 aliphatic rings. The normalized spacial score (nSPS) is 14.9. The number of hydrogen-bond donors (Lipinski definition) is 0. The number of ether oxygens (including phenoxy) is 1. The molecule has 1 aliphatic heterocycles. The zero-order chi connectivity index (χ0) is 23.5. The van der Waals surface area contributed by atoms with Crippen molar-refractivity contribution in [3.63, 3.8) is 0 Å². The third-order valence-electron chi connectivity index (χ3n) is 4.85. The molecule has 0 radical (unpaired) electrons. The summed E-state index contributed by atoms with van der Waals surface area (Å²) in [4.78, 5) is 26.7. The molecule has 1 fully saturated rings. The van der Waals surface area contributed by atoms with Gasteiger partial charge in [0.15, 0.2) is 0 Å². The highest BCUT2D eigenvalue weighted by Gasteiger charge is 2.35. The van der Waals surface area contributed by atoms with Crippen LogP contribution in [-0.2, 0) is 17.9 Å². The number of amides is 2. The molecule has 0 bridgehead atoms. The Morgan fingerprint density at radius 3 is 2.24 bits per heavy atom. The summed E-state index contributed by atoms with van der Waals surface area (Å²) in [7, 11) is 0. The van der Waals surface area contributed by atoms with E-state index in [0.717, 1.165) is 16.7 Å². The van der Waals surface area contributed by atoms with Crippen LogP contribution in [0.3, 0.4) is 0 Å². The first kappa shape index (κ1) is 23.6. The van der Waals surface area contributed by atoms with Crippen molar-refractivity contribution in [3.05, 3.63) is 103 Å². The van der Waals surface area contributed by atoms with Gasteiger partial charge in [0.05, 0.1) is 16.5 Å². The second-order valence-corrected chi connectivity index (χ2v) is 9.24. The average molecular weight is 523 g/mol. The standard InChI is InChI=1S/C24H15Cl3FNO3S/c25-18-6-2-7-19(26)16(18)12-29-23(30)22(33-24(29)31)11-14-4-1-5-15(10-14)32-13-17-20(27)8-3-9-21(17)28/h1-11H,12-13H2/b22-11-. The highest BCUT2D eigenvalue weighted by molar-refractivity contribution is 8.18. The van der Waals surface area contributed by atoms with Gasteiger partial charge in [-0.3, -0.25) is 14.5 Å². The predicted molar refractivity (Wildman–Crippen MR) is 130 cm³/mol. The molecule has 0 atom stereocenters. The second-order valence-electron chi connectivity index (χ2n) is 7.03. The zero-order valence-electron chi connectivity index (χ0n) is 16.9. The maximum atomic E-state index is 14.0. The molecule has 1 saturated heterocycles. The van der Waals surface area contributed by atoms with Gasteiger partial charge in [-0.2, -0.15) is 0 Å². The molecule has 3 aromatic rings. The predicted octanol–water partition coefficient (Wildman–Crippen LogP) is 7.60. The van der Waals surface area contributed by atoms with Crippen LogP contribution in [0.1, 0.15) is 16.7 Å². The maximum Gasteiger partial charge on any atom is 0.293 e. The number of halogens is 4. The summed E-state index contributed by atoms with van der Waals surface area (Å²) in [5.41, 5.74) is 1.41. The molecule has 0 unspecified atom stereocenters. The van der Waals surface area contributed by atoms with Gasteiger partial charge < -0.3 is 4.74 Å². The molecule has 33 heavy (non-hydrogen) atoms. The smallest absolute Gasteiger partial charge is 0.293 e. The Balaban J connectivity index is 1.50. The summed E-state index contributed by atoms with van der Waals surface area (Å²) in [6, 6.07) is 16.3. The monoisotopic (exact) mass is 521 g/mol. The van der Waals surface area contributed by atoms with E-state index in [4.69, 9.17) is 39.5 Å². The minimum atomic E-state index is -0.453. The molecule has 9 heteroatoms. The number of benzene rings is 3. The van der Waals surface area contributed by atoms with Crippen LogP contribution in [0.25, 0.3) is 6.08 Å². The Labute approximate surface area is 208 Å². The van der Waals surface area contributed by atoms with Crippen molar-refractivity contribution in [2.24, 2.45) is 0 Å². The van der Waals surface area contributed by atoms with Crippen molar-refractivity contribution in [3.8, 4) is 5.75 Å². The minimum Gasteiger partial charge on any atom is -0.489 e. The van der Waals surface area contributed by atoms with Gasteiger partial charge in [-0.1, -0.05) is 59.1 Å². The molecule has 3 aromatic carbocycles. The molecular formula is C24H15Cl3FNO3S. The van der Waals surface area contributed by atoms with Gasteiger partial charge in [0.25, 0.3) is 11.1 Å². The van der Waals surface area contributed by atoms with E-state index >= 15 is 0 Å². The summed E-state index contributed by atoms with van der Waals surface area (Å²) in [5, 5.41) is 0.623. The van der Waals surface area contributed by atoms with Gasteiger partial charge in [0.2, 0.25) is 0 Å². The van der Waals surface area contributed by atoms with Crippen LogP contribution in [0.2, 0.25) is 15.1 Å².